The van der Waals surface area contributed by atoms with Gasteiger partial charge in [-0.2, -0.15) is 5.10 Å². The monoisotopic (exact) mass is 525 g/mol. The van der Waals surface area contributed by atoms with E-state index in [0.29, 0.717) is 23.2 Å². The van der Waals surface area contributed by atoms with Crippen LogP contribution in [0.1, 0.15) is 48.7 Å². The molecule has 0 bridgehead atoms. The Morgan fingerprint density at radius 1 is 1.08 bits per heavy atom. The predicted molar refractivity (Wildman–Crippen MR) is 145 cm³/mol. The molecule has 1 saturated carbocycles. The first-order valence-corrected chi connectivity index (χ1v) is 14.1. The number of halogens is 2. The molecule has 1 amide bonds. The number of rotatable bonds is 7. The molecule has 3 aromatic rings. The highest BCUT2D eigenvalue weighted by atomic mass is 32.2. The van der Waals surface area contributed by atoms with Crippen LogP contribution in [0.2, 0.25) is 0 Å². The van der Waals surface area contributed by atoms with Crippen molar-refractivity contribution < 1.29 is 13.6 Å². The summed E-state index contributed by atoms with van der Waals surface area (Å²) in [5.74, 6) is -1.77. The number of benzene rings is 2. The van der Waals surface area contributed by atoms with Crippen molar-refractivity contribution in [1.82, 2.24) is 14.7 Å². The number of amides is 1. The molecule has 3 fully saturated rings. The molecule has 0 radical (unpaired) electrons. The van der Waals surface area contributed by atoms with Crippen molar-refractivity contribution in [2.75, 3.05) is 42.1 Å². The average Bonchev–Trinajstić information content (AvgIpc) is 3.54. The summed E-state index contributed by atoms with van der Waals surface area (Å²) in [6, 6.07) is 11.9. The highest BCUT2D eigenvalue weighted by Gasteiger charge is 2.45. The minimum absolute atomic E-state index is 0.137. The van der Waals surface area contributed by atoms with Gasteiger partial charge in [-0.25, -0.2) is 8.78 Å². The zero-order valence-corrected chi connectivity index (χ0v) is 22.2. The number of carbonyl (C=O) groups is 1. The van der Waals surface area contributed by atoms with Gasteiger partial charge >= 0.3 is 0 Å². The van der Waals surface area contributed by atoms with Gasteiger partial charge in [0, 0.05) is 42.7 Å². The normalized spacial score (nSPS) is 20.3. The molecule has 1 aliphatic carbocycles. The number of carbonyl (C=O) groups excluding carboxylic acids is 1. The summed E-state index contributed by atoms with van der Waals surface area (Å²) in [6.45, 7) is 3.99. The molecule has 2 aromatic carbocycles. The molecular formula is C28H33F2N5OS. The van der Waals surface area contributed by atoms with E-state index in [4.69, 9.17) is 0 Å². The molecule has 3 aliphatic rings. The van der Waals surface area contributed by atoms with E-state index < -0.39 is 5.92 Å². The molecule has 6 rings (SSSR count). The molecule has 9 heteroatoms. The molecule has 37 heavy (non-hydrogen) atoms. The molecule has 1 spiro atoms. The molecule has 0 atom stereocenters. The Hall–Kier alpha value is -2.65. The number of alkyl halides is 2. The van der Waals surface area contributed by atoms with Gasteiger partial charge in [-0.05, 0) is 73.2 Å². The molecule has 196 valence electrons. The average molecular weight is 526 g/mol. The lowest BCUT2D eigenvalue weighted by Gasteiger charge is -2.38. The van der Waals surface area contributed by atoms with Gasteiger partial charge in [0.2, 0.25) is 0 Å². The van der Waals surface area contributed by atoms with Crippen LogP contribution in [-0.4, -0.2) is 58.4 Å². The summed E-state index contributed by atoms with van der Waals surface area (Å²) in [7, 11) is 1.85. The largest absolute Gasteiger partial charge is 0.371 e. The van der Waals surface area contributed by atoms with Crippen LogP contribution in [0.4, 0.5) is 20.2 Å². The lowest BCUT2D eigenvalue weighted by Crippen LogP contribution is -2.55. The minimum Gasteiger partial charge on any atom is -0.371 e. The first kappa shape index (κ1) is 24.7. The summed E-state index contributed by atoms with van der Waals surface area (Å²) < 4.78 is 28.4. The third-order valence-corrected chi connectivity index (χ3v) is 8.99. The SMILES string of the molecule is CCSc1ccc(C(=O)Nc2ccc3c(c2)c(CN2CC(F)(F)C2)nn3C)c(N2CCC3(CC2)CC3)c1. The molecule has 3 heterocycles. The number of hydrogen-bond acceptors (Lipinski definition) is 5. The lowest BCUT2D eigenvalue weighted by molar-refractivity contribution is -0.134. The van der Waals surface area contributed by atoms with E-state index in [1.807, 2.05) is 37.4 Å². The van der Waals surface area contributed by atoms with Crippen molar-refractivity contribution in [1.29, 1.82) is 0 Å². The summed E-state index contributed by atoms with van der Waals surface area (Å²) in [4.78, 5) is 18.8. The number of aryl methyl sites for hydroxylation is 1. The maximum atomic E-state index is 13.6. The third kappa shape index (κ3) is 4.95. The van der Waals surface area contributed by atoms with Crippen LogP contribution in [0.15, 0.2) is 41.3 Å². The van der Waals surface area contributed by atoms with Gasteiger partial charge < -0.3 is 10.2 Å². The first-order valence-electron chi connectivity index (χ1n) is 13.1. The Kier molecular flexibility index (Phi) is 6.18. The first-order chi connectivity index (χ1) is 17.7. The van der Waals surface area contributed by atoms with Crippen molar-refractivity contribution in [3.8, 4) is 0 Å². The Labute approximate surface area is 220 Å². The summed E-state index contributed by atoms with van der Waals surface area (Å²) in [6.07, 6.45) is 5.09. The number of nitrogens with one attached hydrogen (secondary N) is 1. The van der Waals surface area contributed by atoms with Crippen molar-refractivity contribution in [2.45, 2.75) is 50.0 Å². The van der Waals surface area contributed by atoms with Crippen LogP contribution in [-0.2, 0) is 13.6 Å². The maximum Gasteiger partial charge on any atom is 0.272 e. The number of nitrogens with zero attached hydrogens (tertiary/aromatic N) is 4. The summed E-state index contributed by atoms with van der Waals surface area (Å²) in [5, 5.41) is 8.53. The summed E-state index contributed by atoms with van der Waals surface area (Å²) >= 11 is 1.79. The van der Waals surface area contributed by atoms with Gasteiger partial charge in [0.05, 0.1) is 35.6 Å². The van der Waals surface area contributed by atoms with Crippen molar-refractivity contribution >= 4 is 39.9 Å². The fraction of sp³-hybridized carbons (Fsp3) is 0.500. The smallest absolute Gasteiger partial charge is 0.272 e. The van der Waals surface area contributed by atoms with E-state index in [0.717, 1.165) is 41.1 Å². The number of likely N-dealkylation sites (tertiary alicyclic amines) is 1. The molecular weight excluding hydrogens is 492 g/mol. The van der Waals surface area contributed by atoms with Crippen LogP contribution in [0, 0.1) is 5.41 Å². The fourth-order valence-electron chi connectivity index (χ4n) is 5.78. The Morgan fingerprint density at radius 2 is 1.84 bits per heavy atom. The van der Waals surface area contributed by atoms with Gasteiger partial charge in [-0.1, -0.05) is 6.92 Å². The van der Waals surface area contributed by atoms with E-state index in [-0.39, 0.29) is 19.0 Å². The van der Waals surface area contributed by atoms with E-state index in [1.165, 1.54) is 30.6 Å². The van der Waals surface area contributed by atoms with Gasteiger partial charge in [0.1, 0.15) is 0 Å². The predicted octanol–water partition coefficient (Wildman–Crippen LogP) is 5.77. The zero-order valence-electron chi connectivity index (χ0n) is 21.4. The lowest BCUT2D eigenvalue weighted by atomic mass is 9.93. The number of thioether (sulfide) groups is 1. The minimum atomic E-state index is -2.61. The standard InChI is InChI=1S/C28H33F2N5OS/c1-3-37-20-5-6-21(25(15-20)35-12-10-27(8-9-27)11-13-35)26(36)31-19-4-7-24-22(14-19)23(32-33(24)2)16-34-17-28(29,30)18-34/h4-7,14-15H,3,8-13,16-18H2,1-2H3,(H,31,36). The van der Waals surface area contributed by atoms with Crippen molar-refractivity contribution in [3.63, 3.8) is 0 Å². The van der Waals surface area contributed by atoms with E-state index in [2.05, 4.69) is 28.3 Å². The van der Waals surface area contributed by atoms with E-state index in [1.54, 1.807) is 21.3 Å². The quantitative estimate of drug-likeness (QED) is 0.397. The molecule has 1 N–H and O–H groups in total. The topological polar surface area (TPSA) is 53.4 Å². The Bertz CT molecular complexity index is 1330. The Morgan fingerprint density at radius 3 is 2.51 bits per heavy atom. The molecule has 2 aliphatic heterocycles. The van der Waals surface area contributed by atoms with Crippen molar-refractivity contribution in [3.05, 3.63) is 47.7 Å². The second kappa shape index (κ2) is 9.27. The number of fused-ring (bicyclic) bond motifs is 1. The van der Waals surface area contributed by atoms with Crippen LogP contribution in [0.3, 0.4) is 0 Å². The van der Waals surface area contributed by atoms with Crippen molar-refractivity contribution in [2.24, 2.45) is 12.5 Å². The number of aromatic nitrogens is 2. The third-order valence-electron chi connectivity index (χ3n) is 8.11. The second-order valence-electron chi connectivity index (χ2n) is 10.9. The number of hydrogen-bond donors (Lipinski definition) is 1. The Balaban J connectivity index is 1.24. The second-order valence-corrected chi connectivity index (χ2v) is 12.2. The van der Waals surface area contributed by atoms with Gasteiger partial charge in [0.15, 0.2) is 0 Å². The fourth-order valence-corrected chi connectivity index (χ4v) is 6.48. The highest BCUT2D eigenvalue weighted by molar-refractivity contribution is 7.99. The van der Waals surface area contributed by atoms with Gasteiger partial charge in [0.25, 0.3) is 11.8 Å². The molecule has 1 aromatic heterocycles. The number of piperidine rings is 1. The molecule has 0 unspecified atom stereocenters. The zero-order chi connectivity index (χ0) is 25.8. The summed E-state index contributed by atoms with van der Waals surface area (Å²) in [5.41, 5.74) is 4.58. The molecule has 6 nitrogen and oxygen atoms in total. The van der Waals surface area contributed by atoms with Crippen LogP contribution >= 0.6 is 11.8 Å². The maximum absolute atomic E-state index is 13.6. The van der Waals surface area contributed by atoms with Gasteiger partial charge in [-0.3, -0.25) is 14.4 Å². The van der Waals surface area contributed by atoms with Crippen LogP contribution < -0.4 is 10.2 Å². The van der Waals surface area contributed by atoms with Crippen LogP contribution in [0.5, 0.6) is 0 Å². The molecule has 2 saturated heterocycles. The highest BCUT2D eigenvalue weighted by Crippen LogP contribution is 2.54. The van der Waals surface area contributed by atoms with E-state index >= 15 is 0 Å². The van der Waals surface area contributed by atoms with Gasteiger partial charge in [-0.15, -0.1) is 11.8 Å². The van der Waals surface area contributed by atoms with E-state index in [9.17, 15) is 13.6 Å². The van der Waals surface area contributed by atoms with Crippen LogP contribution in [0.25, 0.3) is 10.9 Å². The number of anilines is 2.